The average molecular weight is 331 g/mol. The van der Waals surface area contributed by atoms with Crippen LogP contribution in [0.25, 0.3) is 5.65 Å². The molecule has 1 amide bonds. The van der Waals surface area contributed by atoms with E-state index in [4.69, 9.17) is 4.42 Å². The lowest BCUT2D eigenvalue weighted by atomic mass is 10.1. The number of hydrogen-bond acceptors (Lipinski definition) is 4. The minimum Gasteiger partial charge on any atom is -0.469 e. The predicted octanol–water partition coefficient (Wildman–Crippen LogP) is 1.96. The first-order valence-corrected chi connectivity index (χ1v) is 7.64. The average Bonchev–Trinajstić information content (AvgIpc) is 3.19. The summed E-state index contributed by atoms with van der Waals surface area (Å²) in [6.45, 7) is 1.91. The van der Waals surface area contributed by atoms with Gasteiger partial charge in [0.25, 0.3) is 5.91 Å². The molecular formula is C17H18FN3O3. The number of hydrogen-bond donors (Lipinski definition) is 2. The first kappa shape index (κ1) is 16.2. The highest BCUT2D eigenvalue weighted by molar-refractivity contribution is 5.93. The van der Waals surface area contributed by atoms with Crippen LogP contribution in [0.5, 0.6) is 0 Å². The summed E-state index contributed by atoms with van der Waals surface area (Å²) in [7, 11) is 0. The molecule has 0 radical (unpaired) electrons. The van der Waals surface area contributed by atoms with E-state index < -0.39 is 11.9 Å². The summed E-state index contributed by atoms with van der Waals surface area (Å²) in [5, 5.41) is 12.0. The van der Waals surface area contributed by atoms with Gasteiger partial charge in [-0.3, -0.25) is 9.20 Å². The van der Waals surface area contributed by atoms with Crippen LogP contribution < -0.4 is 5.32 Å². The number of rotatable bonds is 6. The van der Waals surface area contributed by atoms with Crippen LogP contribution in [0.1, 0.15) is 21.8 Å². The molecule has 0 aliphatic heterocycles. The third-order valence-electron chi connectivity index (χ3n) is 3.80. The number of furan rings is 1. The standard InChI is InChI=1S/C17H18FN3O3/c1-11-4-5-14-20-15(16(18)21(14)9-11)17(23)19-8-12(10-22)7-13-3-2-6-24-13/h2-6,9,12,22H,7-8,10H2,1H3,(H,19,23)/t12-/m1/s1. The highest BCUT2D eigenvalue weighted by atomic mass is 19.1. The van der Waals surface area contributed by atoms with E-state index in [1.807, 2.05) is 6.92 Å². The minimum absolute atomic E-state index is 0.117. The van der Waals surface area contributed by atoms with Crippen molar-refractivity contribution in [2.75, 3.05) is 13.2 Å². The fraction of sp³-hybridized carbons (Fsp3) is 0.294. The molecule has 3 rings (SSSR count). The van der Waals surface area contributed by atoms with Gasteiger partial charge in [-0.15, -0.1) is 0 Å². The van der Waals surface area contributed by atoms with Crippen LogP contribution in [-0.4, -0.2) is 33.6 Å². The van der Waals surface area contributed by atoms with E-state index in [2.05, 4.69) is 10.3 Å². The maximum atomic E-state index is 14.3. The molecule has 6 nitrogen and oxygen atoms in total. The van der Waals surface area contributed by atoms with Crippen LogP contribution in [0.15, 0.2) is 41.1 Å². The number of pyridine rings is 1. The Balaban J connectivity index is 1.69. The maximum absolute atomic E-state index is 14.3. The number of fused-ring (bicyclic) bond motifs is 1. The monoisotopic (exact) mass is 331 g/mol. The van der Waals surface area contributed by atoms with Crippen molar-refractivity contribution in [3.63, 3.8) is 0 Å². The molecule has 0 saturated carbocycles. The molecule has 0 aliphatic rings. The van der Waals surface area contributed by atoms with E-state index in [9.17, 15) is 14.3 Å². The Hall–Kier alpha value is -2.67. The maximum Gasteiger partial charge on any atom is 0.274 e. The van der Waals surface area contributed by atoms with Gasteiger partial charge < -0.3 is 14.8 Å². The molecule has 3 heterocycles. The van der Waals surface area contributed by atoms with Gasteiger partial charge in [0.15, 0.2) is 5.69 Å². The molecule has 0 unspecified atom stereocenters. The number of aliphatic hydroxyl groups is 1. The van der Waals surface area contributed by atoms with Gasteiger partial charge in [-0.1, -0.05) is 6.07 Å². The lowest BCUT2D eigenvalue weighted by molar-refractivity contribution is 0.0930. The van der Waals surface area contributed by atoms with E-state index in [-0.39, 0.29) is 24.8 Å². The summed E-state index contributed by atoms with van der Waals surface area (Å²) < 4.78 is 20.8. The number of amides is 1. The molecule has 3 aromatic heterocycles. The number of carbonyl (C=O) groups excluding carboxylic acids is 1. The van der Waals surface area contributed by atoms with Crippen LogP contribution >= 0.6 is 0 Å². The van der Waals surface area contributed by atoms with Crippen LogP contribution in [0.3, 0.4) is 0 Å². The highest BCUT2D eigenvalue weighted by Crippen LogP contribution is 2.13. The number of nitrogens with one attached hydrogen (secondary N) is 1. The van der Waals surface area contributed by atoms with Crippen LogP contribution in [0.4, 0.5) is 4.39 Å². The summed E-state index contributed by atoms with van der Waals surface area (Å²) in [6.07, 6.45) is 3.62. The van der Waals surface area contributed by atoms with Crippen molar-refractivity contribution in [3.8, 4) is 0 Å². The van der Waals surface area contributed by atoms with Gasteiger partial charge in [0, 0.05) is 31.7 Å². The van der Waals surface area contributed by atoms with Crippen molar-refractivity contribution in [3.05, 3.63) is 59.7 Å². The Labute approximate surface area is 137 Å². The summed E-state index contributed by atoms with van der Waals surface area (Å²) in [5.74, 6) is -0.801. The zero-order valence-corrected chi connectivity index (χ0v) is 13.2. The smallest absolute Gasteiger partial charge is 0.274 e. The second kappa shape index (κ2) is 6.84. The van der Waals surface area contributed by atoms with Crippen LogP contribution in [-0.2, 0) is 6.42 Å². The van der Waals surface area contributed by atoms with Crippen molar-refractivity contribution in [1.82, 2.24) is 14.7 Å². The normalized spacial score (nSPS) is 12.5. The third kappa shape index (κ3) is 3.30. The van der Waals surface area contributed by atoms with E-state index >= 15 is 0 Å². The largest absolute Gasteiger partial charge is 0.469 e. The van der Waals surface area contributed by atoms with Gasteiger partial charge >= 0.3 is 0 Å². The first-order chi connectivity index (χ1) is 11.6. The van der Waals surface area contributed by atoms with Crippen molar-refractivity contribution in [2.45, 2.75) is 13.3 Å². The molecule has 0 aromatic carbocycles. The molecule has 0 fully saturated rings. The Morgan fingerprint density at radius 2 is 2.29 bits per heavy atom. The third-order valence-corrected chi connectivity index (χ3v) is 3.80. The SMILES string of the molecule is Cc1ccc2nc(C(=O)NC[C@H](CO)Cc3ccco3)c(F)n2c1. The van der Waals surface area contributed by atoms with Gasteiger partial charge in [0.05, 0.1) is 6.26 Å². The molecule has 1 atom stereocenters. The summed E-state index contributed by atoms with van der Waals surface area (Å²) in [4.78, 5) is 16.2. The van der Waals surface area contributed by atoms with Gasteiger partial charge in [0.2, 0.25) is 5.95 Å². The van der Waals surface area contributed by atoms with E-state index in [1.165, 1.54) is 4.40 Å². The van der Waals surface area contributed by atoms with E-state index in [0.29, 0.717) is 12.1 Å². The first-order valence-electron chi connectivity index (χ1n) is 7.64. The topological polar surface area (TPSA) is 79.8 Å². The second-order valence-electron chi connectivity index (χ2n) is 5.73. The van der Waals surface area contributed by atoms with Crippen molar-refractivity contribution in [2.24, 2.45) is 5.92 Å². The Bertz CT molecular complexity index is 842. The lowest BCUT2D eigenvalue weighted by Crippen LogP contribution is -2.32. The van der Waals surface area contributed by atoms with Crippen LogP contribution in [0, 0.1) is 18.8 Å². The number of aromatic nitrogens is 2. The highest BCUT2D eigenvalue weighted by Gasteiger charge is 2.20. The molecule has 0 saturated heterocycles. The fourth-order valence-electron chi connectivity index (χ4n) is 2.50. The van der Waals surface area contributed by atoms with Gasteiger partial charge in [0.1, 0.15) is 11.4 Å². The Morgan fingerprint density at radius 1 is 1.46 bits per heavy atom. The zero-order chi connectivity index (χ0) is 17.1. The van der Waals surface area contributed by atoms with Gasteiger partial charge in [-0.25, -0.2) is 4.98 Å². The fourth-order valence-corrected chi connectivity index (χ4v) is 2.50. The van der Waals surface area contributed by atoms with E-state index in [0.717, 1.165) is 11.3 Å². The quantitative estimate of drug-likeness (QED) is 0.723. The van der Waals surface area contributed by atoms with Gasteiger partial charge in [-0.2, -0.15) is 4.39 Å². The molecule has 3 aromatic rings. The van der Waals surface area contributed by atoms with E-state index in [1.54, 1.807) is 36.7 Å². The minimum atomic E-state index is -0.696. The molecule has 7 heteroatoms. The van der Waals surface area contributed by atoms with Crippen molar-refractivity contribution >= 4 is 11.6 Å². The molecule has 0 bridgehead atoms. The molecule has 24 heavy (non-hydrogen) atoms. The lowest BCUT2D eigenvalue weighted by Gasteiger charge is -2.13. The number of nitrogens with zero attached hydrogens (tertiary/aromatic N) is 2. The number of halogens is 1. The summed E-state index contributed by atoms with van der Waals surface area (Å²) in [6, 6.07) is 7.02. The predicted molar refractivity (Wildman–Crippen MR) is 85.2 cm³/mol. The molecule has 2 N–H and O–H groups in total. The molecule has 0 spiro atoms. The molecule has 126 valence electrons. The Kier molecular flexibility index (Phi) is 4.61. The second-order valence-corrected chi connectivity index (χ2v) is 5.73. The number of carbonyl (C=O) groups is 1. The number of aliphatic hydroxyl groups excluding tert-OH is 1. The van der Waals surface area contributed by atoms with Crippen LogP contribution in [0.2, 0.25) is 0 Å². The summed E-state index contributed by atoms with van der Waals surface area (Å²) >= 11 is 0. The zero-order valence-electron chi connectivity index (χ0n) is 13.2. The number of imidazole rings is 1. The van der Waals surface area contributed by atoms with Crippen molar-refractivity contribution < 1.29 is 18.7 Å². The number of aryl methyl sites for hydroxylation is 1. The van der Waals surface area contributed by atoms with Gasteiger partial charge in [-0.05, 0) is 30.7 Å². The Morgan fingerprint density at radius 3 is 3.00 bits per heavy atom. The molecular weight excluding hydrogens is 313 g/mol. The molecule has 0 aliphatic carbocycles. The van der Waals surface area contributed by atoms with Crippen molar-refractivity contribution in [1.29, 1.82) is 0 Å². The summed E-state index contributed by atoms with van der Waals surface area (Å²) in [5.41, 5.74) is 0.984.